The number of nitrogens with one attached hydrogen (secondary N) is 1. The number of pyridine rings is 1. The quantitative estimate of drug-likeness (QED) is 0.284. The zero-order chi connectivity index (χ0) is 29.8. The van der Waals surface area contributed by atoms with E-state index in [1.807, 2.05) is 4.90 Å². The molecule has 0 unspecified atom stereocenters. The third-order valence-electron chi connectivity index (χ3n) is 6.77. The molecule has 2 atom stereocenters. The normalized spacial score (nSPS) is 16.4. The number of hydrogen-bond acceptors (Lipinski definition) is 9. The van der Waals surface area contributed by atoms with Crippen molar-refractivity contribution in [3.8, 4) is 34.3 Å². The van der Waals surface area contributed by atoms with Crippen molar-refractivity contribution >= 4 is 17.3 Å². The number of carbonyl (C=O) groups excluding carboxylic acids is 1. The van der Waals surface area contributed by atoms with Crippen LogP contribution in [0.2, 0.25) is 0 Å². The van der Waals surface area contributed by atoms with E-state index in [0.717, 1.165) is 12.1 Å². The fourth-order valence-electron chi connectivity index (χ4n) is 4.89. The largest absolute Gasteiger partial charge is 0.434 e. The topological polar surface area (TPSA) is 150 Å². The molecule has 0 radical (unpaired) electrons. The lowest BCUT2D eigenvalue weighted by Gasteiger charge is -2.28. The van der Waals surface area contributed by atoms with Gasteiger partial charge in [0.15, 0.2) is 5.82 Å². The number of hydrogen-bond donors (Lipinski definition) is 3. The Kier molecular flexibility index (Phi) is 8.28. The van der Waals surface area contributed by atoms with Crippen molar-refractivity contribution in [2.24, 2.45) is 5.73 Å². The van der Waals surface area contributed by atoms with E-state index in [2.05, 4.69) is 31.1 Å². The number of nitrogens with two attached hydrogens (primary N) is 1. The van der Waals surface area contributed by atoms with Crippen molar-refractivity contribution in [1.29, 1.82) is 5.26 Å². The highest BCUT2D eigenvalue weighted by Crippen LogP contribution is 2.37. The summed E-state index contributed by atoms with van der Waals surface area (Å²) in [6.45, 7) is -2.99. The monoisotopic (exact) mass is 575 g/mol. The summed E-state index contributed by atoms with van der Waals surface area (Å²) in [6.07, 6.45) is 4.79. The number of aromatic nitrogens is 3. The van der Waals surface area contributed by atoms with E-state index in [9.17, 15) is 28.3 Å². The second-order valence-corrected chi connectivity index (χ2v) is 9.46. The first-order valence-corrected chi connectivity index (χ1v) is 12.8. The van der Waals surface area contributed by atoms with Crippen LogP contribution in [0.4, 0.5) is 24.5 Å². The van der Waals surface area contributed by atoms with E-state index in [1.165, 1.54) is 24.5 Å². The number of benzene rings is 2. The summed E-state index contributed by atoms with van der Waals surface area (Å²) < 4.78 is 44.9. The van der Waals surface area contributed by atoms with Gasteiger partial charge in [-0.2, -0.15) is 14.0 Å². The predicted octanol–water partition coefficient (Wildman–Crippen LogP) is 3.97. The number of nitrogens with zero attached hydrogens (tertiary/aromatic N) is 5. The highest BCUT2D eigenvalue weighted by molar-refractivity contribution is 6.05. The predicted molar refractivity (Wildman–Crippen MR) is 147 cm³/mol. The summed E-state index contributed by atoms with van der Waals surface area (Å²) in [5.74, 6) is -2.40. The Morgan fingerprint density at radius 2 is 2.07 bits per heavy atom. The molecule has 1 aliphatic heterocycles. The maximum absolute atomic E-state index is 14.7. The molecule has 1 aliphatic rings. The Morgan fingerprint density at radius 1 is 1.24 bits per heavy atom. The Balaban J connectivity index is 1.52. The molecular weight excluding hydrogens is 551 g/mol. The molecule has 214 valence electrons. The van der Waals surface area contributed by atoms with Gasteiger partial charge >= 0.3 is 6.61 Å². The van der Waals surface area contributed by atoms with Gasteiger partial charge in [-0.3, -0.25) is 9.78 Å². The first kappa shape index (κ1) is 28.5. The van der Waals surface area contributed by atoms with Crippen LogP contribution in [-0.2, 0) is 0 Å². The lowest BCUT2D eigenvalue weighted by Crippen LogP contribution is -2.33. The maximum Gasteiger partial charge on any atom is 0.387 e. The molecule has 5 rings (SSSR count). The fraction of sp³-hybridized carbons (Fsp3) is 0.207. The summed E-state index contributed by atoms with van der Waals surface area (Å²) in [7, 11) is 0. The van der Waals surface area contributed by atoms with Crippen LogP contribution in [0.1, 0.15) is 22.5 Å². The summed E-state index contributed by atoms with van der Waals surface area (Å²) in [6, 6.07) is 13.0. The van der Waals surface area contributed by atoms with E-state index in [0.29, 0.717) is 41.0 Å². The smallest absolute Gasteiger partial charge is 0.387 e. The molecule has 42 heavy (non-hydrogen) atoms. The lowest BCUT2D eigenvalue weighted by molar-refractivity contribution is -0.0496. The molecule has 13 heteroatoms. The SMILES string of the molecule is N#Cc1ccncc1-c1ccc(NC(=O)c2ccnc(-c3c(F)cccc3OC(F)F)n2)c(N2C[C@@H](N)C[C@H]2CO)c1. The van der Waals surface area contributed by atoms with Gasteiger partial charge in [0.05, 0.1) is 41.2 Å². The number of rotatable bonds is 8. The van der Waals surface area contributed by atoms with Crippen molar-refractivity contribution in [3.05, 3.63) is 84.2 Å². The van der Waals surface area contributed by atoms with Crippen molar-refractivity contribution < 1.29 is 27.8 Å². The molecule has 0 aliphatic carbocycles. The Bertz CT molecular complexity index is 1660. The van der Waals surface area contributed by atoms with Crippen LogP contribution >= 0.6 is 0 Å². The van der Waals surface area contributed by atoms with Crippen molar-refractivity contribution in [2.45, 2.75) is 25.1 Å². The molecule has 0 saturated carbocycles. The van der Waals surface area contributed by atoms with Crippen molar-refractivity contribution in [1.82, 2.24) is 15.0 Å². The molecule has 0 spiro atoms. The van der Waals surface area contributed by atoms with E-state index in [-0.39, 0.29) is 30.2 Å². The minimum atomic E-state index is -3.21. The van der Waals surface area contributed by atoms with Gasteiger partial charge in [-0.15, -0.1) is 0 Å². The molecule has 1 fully saturated rings. The van der Waals surface area contributed by atoms with E-state index < -0.39 is 29.6 Å². The second kappa shape index (κ2) is 12.2. The van der Waals surface area contributed by atoms with Crippen molar-refractivity contribution in [3.63, 3.8) is 0 Å². The molecule has 4 aromatic rings. The summed E-state index contributed by atoms with van der Waals surface area (Å²) in [5, 5.41) is 22.4. The summed E-state index contributed by atoms with van der Waals surface area (Å²) in [4.78, 5) is 27.5. The van der Waals surface area contributed by atoms with Gasteiger partial charge < -0.3 is 25.8 Å². The highest BCUT2D eigenvalue weighted by atomic mass is 19.3. The van der Waals surface area contributed by atoms with Gasteiger partial charge in [-0.25, -0.2) is 14.4 Å². The zero-order valence-corrected chi connectivity index (χ0v) is 21.9. The molecule has 1 amide bonds. The van der Waals surface area contributed by atoms with Gasteiger partial charge in [-0.1, -0.05) is 12.1 Å². The number of amides is 1. The number of carbonyl (C=O) groups is 1. The third-order valence-corrected chi connectivity index (χ3v) is 6.77. The molecule has 0 bridgehead atoms. The molecular formula is C29H24F3N7O3. The first-order valence-electron chi connectivity index (χ1n) is 12.8. The van der Waals surface area contributed by atoms with E-state index >= 15 is 0 Å². The van der Waals surface area contributed by atoms with Crippen LogP contribution in [0.15, 0.2) is 67.1 Å². The molecule has 10 nitrogen and oxygen atoms in total. The second-order valence-electron chi connectivity index (χ2n) is 9.46. The molecule has 4 N–H and O–H groups in total. The van der Waals surface area contributed by atoms with Gasteiger partial charge in [0, 0.05) is 36.7 Å². The van der Waals surface area contributed by atoms with Crippen LogP contribution in [0.3, 0.4) is 0 Å². The van der Waals surface area contributed by atoms with Gasteiger partial charge in [0.2, 0.25) is 0 Å². The Labute approximate surface area is 238 Å². The molecule has 1 saturated heterocycles. The summed E-state index contributed by atoms with van der Waals surface area (Å²) in [5.41, 5.74) is 8.14. The maximum atomic E-state index is 14.7. The van der Waals surface area contributed by atoms with Gasteiger partial charge in [0.25, 0.3) is 5.91 Å². The van der Waals surface area contributed by atoms with E-state index in [4.69, 9.17) is 5.73 Å². The average Bonchev–Trinajstić information content (AvgIpc) is 3.37. The minimum Gasteiger partial charge on any atom is -0.434 e. The zero-order valence-electron chi connectivity index (χ0n) is 21.9. The van der Waals surface area contributed by atoms with Gasteiger partial charge in [0.1, 0.15) is 17.3 Å². The number of nitriles is 1. The van der Waals surface area contributed by atoms with Crippen LogP contribution < -0.4 is 20.7 Å². The van der Waals surface area contributed by atoms with Crippen LogP contribution in [0.25, 0.3) is 22.5 Å². The van der Waals surface area contributed by atoms with Crippen molar-refractivity contribution in [2.75, 3.05) is 23.4 Å². The average molecular weight is 576 g/mol. The number of alkyl halides is 2. The van der Waals surface area contributed by atoms with Gasteiger partial charge in [-0.05, 0) is 48.4 Å². The van der Waals surface area contributed by atoms with E-state index in [1.54, 1.807) is 30.5 Å². The third kappa shape index (κ3) is 5.85. The number of aliphatic hydroxyl groups is 1. The Morgan fingerprint density at radius 3 is 2.83 bits per heavy atom. The number of aliphatic hydroxyl groups excluding tert-OH is 1. The minimum absolute atomic E-state index is 0.169. The number of anilines is 2. The standard InChI is InChI=1S/C29H24F3N7O3/c30-21-2-1-3-25(42-29(31)32)26(21)27-36-9-7-23(37-27)28(41)38-22-5-4-16(20-13-35-8-6-17(20)12-33)10-24(22)39-14-18(34)11-19(39)15-40/h1-10,13,18-19,29,40H,11,14-15,34H2,(H,38,41)/t18-,19-/m0/s1. The lowest BCUT2D eigenvalue weighted by atomic mass is 10.0. The molecule has 2 aromatic carbocycles. The Hall–Kier alpha value is -5.06. The number of ether oxygens (including phenoxy) is 1. The number of halogens is 3. The molecule has 3 heterocycles. The van der Waals surface area contributed by atoms with Crippen LogP contribution in [0.5, 0.6) is 5.75 Å². The van der Waals surface area contributed by atoms with Crippen LogP contribution in [0, 0.1) is 17.1 Å². The highest BCUT2D eigenvalue weighted by Gasteiger charge is 2.32. The fourth-order valence-corrected chi connectivity index (χ4v) is 4.89. The molecule has 2 aromatic heterocycles. The first-order chi connectivity index (χ1) is 20.3. The summed E-state index contributed by atoms with van der Waals surface area (Å²) >= 11 is 0. The van der Waals surface area contributed by atoms with Crippen LogP contribution in [-0.4, -0.2) is 57.8 Å².